The Bertz CT molecular complexity index is 827. The minimum Gasteiger partial charge on any atom is -0.474 e. The number of carbonyl (C=O) groups is 1. The van der Waals surface area contributed by atoms with Crippen LogP contribution in [0.15, 0.2) is 54.7 Å². The molecule has 0 aliphatic carbocycles. The fourth-order valence-corrected chi connectivity index (χ4v) is 2.72. The number of rotatable bonds is 6. The van der Waals surface area contributed by atoms with Crippen LogP contribution in [0.2, 0.25) is 0 Å². The number of benzene rings is 2. The van der Waals surface area contributed by atoms with Crippen molar-refractivity contribution in [1.29, 1.82) is 0 Å². The number of nitrogens with one attached hydrogen (secondary N) is 1. The Balaban J connectivity index is 1.93. The first-order valence-corrected chi connectivity index (χ1v) is 7.82. The fourth-order valence-electron chi connectivity index (χ4n) is 2.72. The molecule has 3 rings (SSSR count). The van der Waals surface area contributed by atoms with Crippen LogP contribution >= 0.6 is 0 Å². The minimum atomic E-state index is -0.800. The van der Waals surface area contributed by atoms with Crippen LogP contribution in [0.3, 0.4) is 0 Å². The molecule has 0 saturated heterocycles. The van der Waals surface area contributed by atoms with Crippen molar-refractivity contribution < 1.29 is 14.3 Å². The van der Waals surface area contributed by atoms with Gasteiger partial charge in [0.2, 0.25) is 6.10 Å². The molecule has 0 radical (unpaired) electrons. The molecule has 0 spiro atoms. The van der Waals surface area contributed by atoms with Crippen molar-refractivity contribution in [1.82, 2.24) is 4.98 Å². The van der Waals surface area contributed by atoms with E-state index in [1.165, 1.54) is 7.11 Å². The largest absolute Gasteiger partial charge is 0.474 e. The van der Waals surface area contributed by atoms with Crippen LogP contribution in [-0.2, 0) is 16.0 Å². The van der Waals surface area contributed by atoms with Gasteiger partial charge in [0.1, 0.15) is 5.75 Å². The number of nitrogens with two attached hydrogens (primary N) is 1. The lowest BCUT2D eigenvalue weighted by atomic mass is 10.1. The maximum absolute atomic E-state index is 12.1. The Kier molecular flexibility index (Phi) is 4.82. The number of esters is 1. The van der Waals surface area contributed by atoms with Gasteiger partial charge < -0.3 is 20.2 Å². The molecule has 5 heteroatoms. The quantitative estimate of drug-likeness (QED) is 0.683. The molecule has 3 N–H and O–H groups in total. The number of fused-ring (bicyclic) bond motifs is 1. The zero-order valence-corrected chi connectivity index (χ0v) is 13.5. The van der Waals surface area contributed by atoms with Crippen molar-refractivity contribution in [3.05, 3.63) is 65.9 Å². The van der Waals surface area contributed by atoms with E-state index in [0.29, 0.717) is 12.3 Å². The number of aromatic amines is 1. The molecule has 2 aromatic carbocycles. The van der Waals surface area contributed by atoms with Crippen LogP contribution in [0.25, 0.3) is 10.9 Å². The highest BCUT2D eigenvalue weighted by atomic mass is 16.6. The van der Waals surface area contributed by atoms with E-state index in [0.717, 1.165) is 28.5 Å². The van der Waals surface area contributed by atoms with Gasteiger partial charge in [0, 0.05) is 22.7 Å². The number of ether oxygens (including phenoxy) is 2. The zero-order chi connectivity index (χ0) is 16.9. The van der Waals surface area contributed by atoms with Gasteiger partial charge in [-0.05, 0) is 36.7 Å². The Labute approximate surface area is 140 Å². The summed E-state index contributed by atoms with van der Waals surface area (Å²) in [6.07, 6.45) is 1.93. The first-order valence-electron chi connectivity index (χ1n) is 7.82. The molecule has 0 aliphatic rings. The molecule has 1 aromatic heterocycles. The molecule has 0 amide bonds. The Morgan fingerprint density at radius 1 is 1.21 bits per heavy atom. The molecule has 0 bridgehead atoms. The third-order valence-electron chi connectivity index (χ3n) is 3.92. The fraction of sp³-hybridized carbons (Fsp3) is 0.211. The van der Waals surface area contributed by atoms with Crippen molar-refractivity contribution >= 4 is 16.9 Å². The molecule has 124 valence electrons. The van der Waals surface area contributed by atoms with Gasteiger partial charge in [0.05, 0.1) is 7.11 Å². The van der Waals surface area contributed by atoms with E-state index < -0.39 is 12.1 Å². The van der Waals surface area contributed by atoms with Crippen molar-refractivity contribution in [3.8, 4) is 5.75 Å². The van der Waals surface area contributed by atoms with Crippen LogP contribution in [0.4, 0.5) is 0 Å². The average molecular weight is 324 g/mol. The monoisotopic (exact) mass is 324 g/mol. The predicted octanol–water partition coefficient (Wildman–Crippen LogP) is 2.96. The second-order valence-electron chi connectivity index (χ2n) is 5.49. The van der Waals surface area contributed by atoms with Crippen LogP contribution in [-0.4, -0.2) is 24.6 Å². The third-order valence-corrected chi connectivity index (χ3v) is 3.92. The number of hydrogen-bond donors (Lipinski definition) is 2. The summed E-state index contributed by atoms with van der Waals surface area (Å²) in [6.45, 7) is 0.576. The van der Waals surface area contributed by atoms with Gasteiger partial charge in [0.15, 0.2) is 0 Å². The first kappa shape index (κ1) is 16.1. The molecular formula is C19H20N2O3. The van der Waals surface area contributed by atoms with Gasteiger partial charge in [-0.3, -0.25) is 0 Å². The highest BCUT2D eigenvalue weighted by Gasteiger charge is 2.23. The number of H-pyrrole nitrogens is 1. The molecule has 1 heterocycles. The Morgan fingerprint density at radius 3 is 2.71 bits per heavy atom. The molecule has 1 atom stereocenters. The van der Waals surface area contributed by atoms with E-state index in [9.17, 15) is 4.79 Å². The van der Waals surface area contributed by atoms with Gasteiger partial charge in [-0.25, -0.2) is 4.79 Å². The minimum absolute atomic E-state index is 0.433. The summed E-state index contributed by atoms with van der Waals surface area (Å²) < 4.78 is 10.8. The summed E-state index contributed by atoms with van der Waals surface area (Å²) >= 11 is 0. The molecular weight excluding hydrogens is 304 g/mol. The smallest absolute Gasteiger partial charge is 0.351 e. The van der Waals surface area contributed by atoms with Crippen LogP contribution in [0.1, 0.15) is 17.2 Å². The molecule has 0 aliphatic heterocycles. The third kappa shape index (κ3) is 3.26. The predicted molar refractivity (Wildman–Crippen MR) is 92.9 cm³/mol. The van der Waals surface area contributed by atoms with Crippen LogP contribution < -0.4 is 10.5 Å². The van der Waals surface area contributed by atoms with Crippen LogP contribution in [0, 0.1) is 0 Å². The van der Waals surface area contributed by atoms with Gasteiger partial charge in [-0.15, -0.1) is 0 Å². The number of hydrogen-bond acceptors (Lipinski definition) is 4. The van der Waals surface area contributed by atoms with E-state index in [1.807, 2.05) is 54.7 Å². The van der Waals surface area contributed by atoms with Gasteiger partial charge >= 0.3 is 5.97 Å². The highest BCUT2D eigenvalue weighted by molar-refractivity contribution is 5.85. The van der Waals surface area contributed by atoms with Crippen molar-refractivity contribution in [2.45, 2.75) is 12.5 Å². The second-order valence-corrected chi connectivity index (χ2v) is 5.49. The number of aromatic nitrogens is 1. The van der Waals surface area contributed by atoms with Gasteiger partial charge in [-0.1, -0.05) is 30.3 Å². The maximum Gasteiger partial charge on any atom is 0.351 e. The first-order chi connectivity index (χ1) is 11.7. The number of carbonyl (C=O) groups excluding carboxylic acids is 1. The van der Waals surface area contributed by atoms with Crippen molar-refractivity contribution in [2.75, 3.05) is 13.7 Å². The zero-order valence-electron chi connectivity index (χ0n) is 13.5. The summed E-state index contributed by atoms with van der Waals surface area (Å²) in [7, 11) is 1.36. The van der Waals surface area contributed by atoms with E-state index in [2.05, 4.69) is 4.98 Å². The van der Waals surface area contributed by atoms with E-state index in [4.69, 9.17) is 15.2 Å². The summed E-state index contributed by atoms with van der Waals surface area (Å²) in [5, 5.41) is 1.05. The summed E-state index contributed by atoms with van der Waals surface area (Å²) in [4.78, 5) is 15.3. The van der Waals surface area contributed by atoms with Crippen LogP contribution in [0.5, 0.6) is 5.75 Å². The second kappa shape index (κ2) is 7.19. The molecule has 3 aromatic rings. The summed E-state index contributed by atoms with van der Waals surface area (Å²) in [5.74, 6) is 0.178. The van der Waals surface area contributed by atoms with Gasteiger partial charge in [0.25, 0.3) is 0 Å². The SMILES string of the molecule is COC(=O)C(Oc1ccc2[nH]cc(CCN)c2c1)c1ccccc1. The summed E-state index contributed by atoms with van der Waals surface area (Å²) in [5.41, 5.74) is 8.55. The Morgan fingerprint density at radius 2 is 2.00 bits per heavy atom. The van der Waals surface area contributed by atoms with E-state index in [1.54, 1.807) is 0 Å². The maximum atomic E-state index is 12.1. The van der Waals surface area contributed by atoms with Gasteiger partial charge in [-0.2, -0.15) is 0 Å². The van der Waals surface area contributed by atoms with E-state index in [-0.39, 0.29) is 0 Å². The topological polar surface area (TPSA) is 77.3 Å². The molecule has 24 heavy (non-hydrogen) atoms. The molecule has 0 fully saturated rings. The Hall–Kier alpha value is -2.79. The molecule has 1 unspecified atom stereocenters. The number of methoxy groups -OCH3 is 1. The lowest BCUT2D eigenvalue weighted by Gasteiger charge is -2.17. The molecule has 0 saturated carbocycles. The lowest BCUT2D eigenvalue weighted by Crippen LogP contribution is -2.20. The summed E-state index contributed by atoms with van der Waals surface area (Å²) in [6, 6.07) is 15.0. The highest BCUT2D eigenvalue weighted by Crippen LogP contribution is 2.28. The normalized spacial score (nSPS) is 12.1. The lowest BCUT2D eigenvalue weighted by molar-refractivity contribution is -0.149. The van der Waals surface area contributed by atoms with E-state index >= 15 is 0 Å². The van der Waals surface area contributed by atoms with Crippen molar-refractivity contribution in [3.63, 3.8) is 0 Å². The molecule has 5 nitrogen and oxygen atoms in total. The van der Waals surface area contributed by atoms with Crippen molar-refractivity contribution in [2.24, 2.45) is 5.73 Å². The standard InChI is InChI=1S/C19H20N2O3/c1-23-19(22)18(13-5-3-2-4-6-13)24-15-7-8-17-16(11-15)14(9-10-20)12-21-17/h2-8,11-12,18,21H,9-10,20H2,1H3. The average Bonchev–Trinajstić information content (AvgIpc) is 3.02.